The second-order valence-corrected chi connectivity index (χ2v) is 10.8. The van der Waals surface area contributed by atoms with Crippen LogP contribution in [0.5, 0.6) is 0 Å². The average molecular weight is 274 g/mol. The molecule has 0 spiro atoms. The Morgan fingerprint density at radius 2 is 1.50 bits per heavy atom. The first-order valence-electron chi connectivity index (χ1n) is 6.69. The Morgan fingerprint density at radius 1 is 0.850 bits per heavy atom. The zero-order valence-corrected chi connectivity index (χ0v) is 13.2. The molecule has 20 heavy (non-hydrogen) atoms. The van der Waals surface area contributed by atoms with E-state index in [1.165, 1.54) is 5.19 Å². The quantitative estimate of drug-likeness (QED) is 0.550. The summed E-state index contributed by atoms with van der Waals surface area (Å²) >= 11 is 0. The topological polar surface area (TPSA) is 0 Å². The Balaban J connectivity index is 2.41. The first kappa shape index (κ1) is 14.2. The van der Waals surface area contributed by atoms with Crippen molar-refractivity contribution in [2.75, 3.05) is 0 Å². The van der Waals surface area contributed by atoms with Gasteiger partial charge < -0.3 is 0 Å². The second kappa shape index (κ2) is 5.82. The van der Waals surface area contributed by atoms with Crippen LogP contribution in [0.25, 0.3) is 0 Å². The van der Waals surface area contributed by atoms with Gasteiger partial charge in [-0.25, -0.2) is 0 Å². The molecule has 0 fully saturated rings. The van der Waals surface area contributed by atoms with Crippen molar-refractivity contribution in [1.29, 1.82) is 0 Å². The predicted octanol–water partition coefficient (Wildman–Crippen LogP) is 3.61. The molecule has 98 valence electrons. The highest BCUT2D eigenvalue weighted by atomic mass is 28.3. The molecule has 0 nitrogen and oxygen atoms in total. The lowest BCUT2D eigenvalue weighted by atomic mass is 10.1. The molecule has 0 N–H and O–H groups in total. The van der Waals surface area contributed by atoms with Gasteiger partial charge in [-0.1, -0.05) is 55.6 Å². The van der Waals surface area contributed by atoms with Crippen LogP contribution in [0.4, 0.5) is 0 Å². The monoisotopic (exact) mass is 274 g/mol. The van der Waals surface area contributed by atoms with E-state index in [0.29, 0.717) is 0 Å². The molecule has 0 unspecified atom stereocenters. The summed E-state index contributed by atoms with van der Waals surface area (Å²) in [6.45, 7) is 6.91. The van der Waals surface area contributed by atoms with E-state index in [2.05, 4.69) is 43.5 Å². The second-order valence-electron chi connectivity index (χ2n) is 5.77. The molecule has 0 aliphatic heterocycles. The summed E-state index contributed by atoms with van der Waals surface area (Å²) in [5, 5.41) is 1.31. The molecular formula is C19H18Si. The third-order valence-electron chi connectivity index (χ3n) is 3.11. The van der Waals surface area contributed by atoms with Crippen molar-refractivity contribution in [3.8, 4) is 24.2 Å². The van der Waals surface area contributed by atoms with E-state index in [1.807, 2.05) is 42.5 Å². The summed E-state index contributed by atoms with van der Waals surface area (Å²) in [5.74, 6) is 9.21. The van der Waals surface area contributed by atoms with E-state index in [9.17, 15) is 0 Å². The lowest BCUT2D eigenvalue weighted by molar-refractivity contribution is 1.59. The summed E-state index contributed by atoms with van der Waals surface area (Å²) in [4.78, 5) is 0. The van der Waals surface area contributed by atoms with Crippen LogP contribution >= 0.6 is 0 Å². The molecule has 1 heteroatoms. The van der Waals surface area contributed by atoms with Gasteiger partial charge in [0.25, 0.3) is 0 Å². The predicted molar refractivity (Wildman–Crippen MR) is 89.8 cm³/mol. The molecule has 0 radical (unpaired) electrons. The standard InChI is InChI=1S/C19H18Si/c1-5-18-14-13-17(15-19(18)20(2,3)4)12-11-16-9-7-6-8-10-16/h1,6-10,13-15H,2-4H3. The molecule has 0 saturated heterocycles. The van der Waals surface area contributed by atoms with Gasteiger partial charge in [0.15, 0.2) is 0 Å². The minimum atomic E-state index is -1.45. The normalized spacial score (nSPS) is 10.3. The van der Waals surface area contributed by atoms with Gasteiger partial charge in [0, 0.05) is 16.7 Å². The maximum Gasteiger partial charge on any atom is 0.0792 e. The van der Waals surface area contributed by atoms with Gasteiger partial charge in [-0.2, -0.15) is 0 Å². The highest BCUT2D eigenvalue weighted by Crippen LogP contribution is 2.09. The van der Waals surface area contributed by atoms with Crippen LogP contribution in [0, 0.1) is 24.2 Å². The van der Waals surface area contributed by atoms with E-state index < -0.39 is 8.07 Å². The van der Waals surface area contributed by atoms with E-state index in [-0.39, 0.29) is 0 Å². The van der Waals surface area contributed by atoms with Gasteiger partial charge in [0.05, 0.1) is 8.07 Å². The molecule has 2 rings (SSSR count). The molecule has 0 aliphatic rings. The number of terminal acetylenes is 1. The number of benzene rings is 2. The molecule has 0 saturated carbocycles. The third kappa shape index (κ3) is 3.41. The van der Waals surface area contributed by atoms with Crippen molar-refractivity contribution in [2.24, 2.45) is 0 Å². The Bertz CT molecular complexity index is 701. The van der Waals surface area contributed by atoms with Crippen molar-refractivity contribution in [3.05, 3.63) is 65.2 Å². The number of rotatable bonds is 1. The lowest BCUT2D eigenvalue weighted by Crippen LogP contribution is -2.39. The molecule has 0 aromatic heterocycles. The molecule has 0 heterocycles. The van der Waals surface area contributed by atoms with Gasteiger partial charge >= 0.3 is 0 Å². The Kier molecular flexibility index (Phi) is 4.13. The first-order chi connectivity index (χ1) is 9.50. The fraction of sp³-hybridized carbons (Fsp3) is 0.158. The van der Waals surface area contributed by atoms with Crippen molar-refractivity contribution in [3.63, 3.8) is 0 Å². The molecular weight excluding hydrogens is 256 g/mol. The van der Waals surface area contributed by atoms with Gasteiger partial charge in [-0.3, -0.25) is 0 Å². The van der Waals surface area contributed by atoms with Crippen LogP contribution in [-0.2, 0) is 0 Å². The third-order valence-corrected chi connectivity index (χ3v) is 5.14. The van der Waals surface area contributed by atoms with Crippen molar-refractivity contribution in [2.45, 2.75) is 19.6 Å². The fourth-order valence-corrected chi connectivity index (χ4v) is 3.59. The Morgan fingerprint density at radius 3 is 2.10 bits per heavy atom. The Labute approximate surface area is 122 Å². The largest absolute Gasteiger partial charge is 0.115 e. The molecule has 0 aliphatic carbocycles. The lowest BCUT2D eigenvalue weighted by Gasteiger charge is -2.19. The minimum Gasteiger partial charge on any atom is -0.115 e. The highest BCUT2D eigenvalue weighted by Gasteiger charge is 2.19. The zero-order valence-electron chi connectivity index (χ0n) is 12.2. The van der Waals surface area contributed by atoms with Crippen LogP contribution in [0.2, 0.25) is 19.6 Å². The first-order valence-corrected chi connectivity index (χ1v) is 10.2. The van der Waals surface area contributed by atoms with Crippen LogP contribution < -0.4 is 5.19 Å². The maximum atomic E-state index is 5.60. The van der Waals surface area contributed by atoms with Crippen LogP contribution in [0.1, 0.15) is 16.7 Å². The highest BCUT2D eigenvalue weighted by molar-refractivity contribution is 6.89. The molecule has 2 aromatic rings. The van der Waals surface area contributed by atoms with Crippen molar-refractivity contribution >= 4 is 13.3 Å². The Hall–Kier alpha value is -2.22. The van der Waals surface area contributed by atoms with Crippen LogP contribution in [-0.4, -0.2) is 8.07 Å². The summed E-state index contributed by atoms with van der Waals surface area (Å²) in [6.07, 6.45) is 5.60. The number of hydrogen-bond acceptors (Lipinski definition) is 0. The van der Waals surface area contributed by atoms with E-state index >= 15 is 0 Å². The molecule has 0 atom stereocenters. The van der Waals surface area contributed by atoms with Crippen molar-refractivity contribution < 1.29 is 0 Å². The zero-order chi connectivity index (χ0) is 14.6. The SMILES string of the molecule is C#Cc1ccc(C#Cc2ccccc2)cc1[Si](C)(C)C. The molecule has 0 bridgehead atoms. The van der Waals surface area contributed by atoms with E-state index in [4.69, 9.17) is 6.42 Å². The van der Waals surface area contributed by atoms with Gasteiger partial charge in [0.1, 0.15) is 0 Å². The van der Waals surface area contributed by atoms with Gasteiger partial charge in [-0.15, -0.1) is 6.42 Å². The van der Waals surface area contributed by atoms with E-state index in [1.54, 1.807) is 0 Å². The van der Waals surface area contributed by atoms with Crippen molar-refractivity contribution in [1.82, 2.24) is 0 Å². The summed E-state index contributed by atoms with van der Waals surface area (Å²) in [7, 11) is -1.45. The van der Waals surface area contributed by atoms with E-state index in [0.717, 1.165) is 16.7 Å². The fourth-order valence-electron chi connectivity index (χ4n) is 2.03. The smallest absolute Gasteiger partial charge is 0.0792 e. The maximum absolute atomic E-state index is 5.60. The molecule has 2 aromatic carbocycles. The van der Waals surface area contributed by atoms with Crippen LogP contribution in [0.3, 0.4) is 0 Å². The summed E-state index contributed by atoms with van der Waals surface area (Å²) in [5.41, 5.74) is 3.07. The van der Waals surface area contributed by atoms with Gasteiger partial charge in [-0.05, 0) is 35.5 Å². The van der Waals surface area contributed by atoms with Gasteiger partial charge in [0.2, 0.25) is 0 Å². The minimum absolute atomic E-state index is 1.01. The van der Waals surface area contributed by atoms with Crippen LogP contribution in [0.15, 0.2) is 48.5 Å². The molecule has 0 amide bonds. The summed E-state index contributed by atoms with van der Waals surface area (Å²) in [6, 6.07) is 16.2. The number of hydrogen-bond donors (Lipinski definition) is 0. The average Bonchev–Trinajstić information content (AvgIpc) is 2.45. The summed E-state index contributed by atoms with van der Waals surface area (Å²) < 4.78 is 0.